The van der Waals surface area contributed by atoms with E-state index in [1.54, 1.807) is 32.0 Å². The van der Waals surface area contributed by atoms with Gasteiger partial charge in [0.2, 0.25) is 0 Å². The van der Waals surface area contributed by atoms with Crippen molar-refractivity contribution in [2.45, 2.75) is 65.7 Å². The molecule has 6 nitrogen and oxygen atoms in total. The molecule has 1 atom stereocenters. The fraction of sp³-hybridized carbons (Fsp3) is 0.500. The third kappa shape index (κ3) is 5.39. The molecule has 27 heavy (non-hydrogen) atoms. The van der Waals surface area contributed by atoms with Crippen molar-refractivity contribution in [1.82, 2.24) is 10.6 Å². The average molecular weight is 395 g/mol. The third-order valence-corrected chi connectivity index (χ3v) is 4.16. The molecular weight excluding hydrogens is 368 g/mol. The van der Waals surface area contributed by atoms with Gasteiger partial charge in [-0.05, 0) is 51.8 Å². The molecule has 0 fully saturated rings. The molecule has 7 heteroatoms. The number of allylic oxidation sites excluding steroid dienone is 1. The fourth-order valence-electron chi connectivity index (χ4n) is 2.88. The number of carbonyl (C=O) groups excluding carboxylic acids is 2. The Morgan fingerprint density at radius 3 is 2.48 bits per heavy atom. The first-order valence-corrected chi connectivity index (χ1v) is 9.58. The van der Waals surface area contributed by atoms with E-state index in [2.05, 4.69) is 10.6 Å². The largest absolute Gasteiger partial charge is 0.489 e. The summed E-state index contributed by atoms with van der Waals surface area (Å²) in [6, 6.07) is 4.25. The van der Waals surface area contributed by atoms with Crippen LogP contribution in [0.3, 0.4) is 0 Å². The standard InChI is InChI=1S/C20H27ClN2O4/c1-6-7-15-17(19(24)27-12(4)5)18(23-20(25)22-15)13-8-9-16(14(21)10-13)26-11(2)3/h8-12,18H,6-7H2,1-5H3,(H2,22,23,25). The Bertz CT molecular complexity index is 743. The third-order valence-electron chi connectivity index (χ3n) is 3.87. The van der Waals surface area contributed by atoms with Crippen LogP contribution in [0, 0.1) is 0 Å². The summed E-state index contributed by atoms with van der Waals surface area (Å²) in [7, 11) is 0. The Balaban J connectivity index is 2.47. The number of carbonyl (C=O) groups is 2. The van der Waals surface area contributed by atoms with Crippen molar-refractivity contribution < 1.29 is 19.1 Å². The highest BCUT2D eigenvalue weighted by Gasteiger charge is 2.34. The van der Waals surface area contributed by atoms with Gasteiger partial charge in [0.05, 0.1) is 28.8 Å². The lowest BCUT2D eigenvalue weighted by Crippen LogP contribution is -2.46. The highest BCUT2D eigenvalue weighted by Crippen LogP contribution is 2.34. The lowest BCUT2D eigenvalue weighted by Gasteiger charge is -2.30. The number of urea groups is 1. The molecule has 0 spiro atoms. The average Bonchev–Trinajstić information content (AvgIpc) is 2.55. The molecule has 2 rings (SSSR count). The van der Waals surface area contributed by atoms with E-state index in [0.29, 0.717) is 34.0 Å². The molecule has 2 N–H and O–H groups in total. The molecule has 148 valence electrons. The number of amides is 2. The van der Waals surface area contributed by atoms with E-state index in [0.717, 1.165) is 6.42 Å². The first-order valence-electron chi connectivity index (χ1n) is 9.20. The highest BCUT2D eigenvalue weighted by atomic mass is 35.5. The van der Waals surface area contributed by atoms with Gasteiger partial charge in [-0.1, -0.05) is 31.0 Å². The monoisotopic (exact) mass is 394 g/mol. The molecule has 1 aliphatic heterocycles. The number of nitrogens with one attached hydrogen (secondary N) is 2. The maximum absolute atomic E-state index is 12.8. The smallest absolute Gasteiger partial charge is 0.338 e. The molecule has 0 saturated heterocycles. The van der Waals surface area contributed by atoms with E-state index in [4.69, 9.17) is 21.1 Å². The van der Waals surface area contributed by atoms with Gasteiger partial charge >= 0.3 is 12.0 Å². The first kappa shape index (κ1) is 21.1. The van der Waals surface area contributed by atoms with Crippen LogP contribution in [0.15, 0.2) is 29.5 Å². The minimum Gasteiger partial charge on any atom is -0.489 e. The normalized spacial score (nSPS) is 17.0. The Morgan fingerprint density at radius 2 is 1.93 bits per heavy atom. The number of hydrogen-bond acceptors (Lipinski definition) is 4. The van der Waals surface area contributed by atoms with Crippen LogP contribution in [0.5, 0.6) is 5.75 Å². The summed E-state index contributed by atoms with van der Waals surface area (Å²) in [5.74, 6) is 0.101. The van der Waals surface area contributed by atoms with E-state index in [1.165, 1.54) is 0 Å². The number of esters is 1. The zero-order chi connectivity index (χ0) is 20.1. The Morgan fingerprint density at radius 1 is 1.22 bits per heavy atom. The van der Waals surface area contributed by atoms with Crippen LogP contribution in [0.25, 0.3) is 0 Å². The number of hydrogen-bond donors (Lipinski definition) is 2. The van der Waals surface area contributed by atoms with Crippen LogP contribution in [0.1, 0.15) is 59.1 Å². The predicted molar refractivity (Wildman–Crippen MR) is 105 cm³/mol. The summed E-state index contributed by atoms with van der Waals surface area (Å²) in [6.45, 7) is 9.39. The van der Waals surface area contributed by atoms with Gasteiger partial charge in [0.15, 0.2) is 0 Å². The van der Waals surface area contributed by atoms with E-state index in [1.807, 2.05) is 20.8 Å². The minimum absolute atomic E-state index is 0.0143. The van der Waals surface area contributed by atoms with Crippen molar-refractivity contribution in [1.29, 1.82) is 0 Å². The van der Waals surface area contributed by atoms with E-state index >= 15 is 0 Å². The van der Waals surface area contributed by atoms with Gasteiger partial charge in [0, 0.05) is 5.70 Å². The second-order valence-electron chi connectivity index (χ2n) is 6.98. The van der Waals surface area contributed by atoms with Crippen LogP contribution in [0.4, 0.5) is 4.79 Å². The van der Waals surface area contributed by atoms with Gasteiger partial charge in [-0.2, -0.15) is 0 Å². The lowest BCUT2D eigenvalue weighted by atomic mass is 9.93. The Hall–Kier alpha value is -2.21. The first-order chi connectivity index (χ1) is 12.7. The molecule has 0 aromatic heterocycles. The van der Waals surface area contributed by atoms with E-state index < -0.39 is 12.0 Å². The SMILES string of the molecule is CCCC1=C(C(=O)OC(C)C)C(c2ccc(OC(C)C)c(Cl)c2)NC(=O)N1. The molecular formula is C20H27ClN2O4. The summed E-state index contributed by atoms with van der Waals surface area (Å²) in [6.07, 6.45) is 1.06. The Kier molecular flexibility index (Phi) is 7.13. The second-order valence-corrected chi connectivity index (χ2v) is 7.39. The number of halogens is 1. The van der Waals surface area contributed by atoms with Gasteiger partial charge in [0.25, 0.3) is 0 Å². The fourth-order valence-corrected chi connectivity index (χ4v) is 3.11. The summed E-state index contributed by atoms with van der Waals surface area (Å²) < 4.78 is 11.1. The van der Waals surface area contributed by atoms with E-state index in [9.17, 15) is 9.59 Å². The maximum atomic E-state index is 12.8. The number of benzene rings is 1. The molecule has 0 bridgehead atoms. The second kappa shape index (κ2) is 9.13. The number of ether oxygens (including phenoxy) is 2. The molecule has 0 radical (unpaired) electrons. The van der Waals surface area contributed by atoms with E-state index in [-0.39, 0.29) is 18.2 Å². The van der Waals surface area contributed by atoms with Gasteiger partial charge in [-0.25, -0.2) is 9.59 Å². The van der Waals surface area contributed by atoms with Crippen molar-refractivity contribution >= 4 is 23.6 Å². The van der Waals surface area contributed by atoms with Crippen LogP contribution in [0.2, 0.25) is 5.02 Å². The van der Waals surface area contributed by atoms with Gasteiger partial charge in [-0.15, -0.1) is 0 Å². The Labute approximate surface area is 165 Å². The van der Waals surface area contributed by atoms with Crippen molar-refractivity contribution in [2.75, 3.05) is 0 Å². The van der Waals surface area contributed by atoms with Crippen molar-refractivity contribution in [2.24, 2.45) is 0 Å². The molecule has 1 heterocycles. The quantitative estimate of drug-likeness (QED) is 0.668. The predicted octanol–water partition coefficient (Wildman–Crippen LogP) is 4.49. The summed E-state index contributed by atoms with van der Waals surface area (Å²) >= 11 is 6.35. The topological polar surface area (TPSA) is 76.7 Å². The van der Waals surface area contributed by atoms with Crippen LogP contribution < -0.4 is 15.4 Å². The van der Waals surface area contributed by atoms with Crippen molar-refractivity contribution in [3.05, 3.63) is 40.1 Å². The molecule has 2 amide bonds. The highest BCUT2D eigenvalue weighted by molar-refractivity contribution is 6.32. The lowest BCUT2D eigenvalue weighted by molar-refractivity contribution is -0.143. The zero-order valence-corrected chi connectivity index (χ0v) is 17.1. The van der Waals surface area contributed by atoms with Crippen LogP contribution >= 0.6 is 11.6 Å². The maximum Gasteiger partial charge on any atom is 0.338 e. The zero-order valence-electron chi connectivity index (χ0n) is 16.4. The van der Waals surface area contributed by atoms with Crippen molar-refractivity contribution in [3.63, 3.8) is 0 Å². The summed E-state index contributed by atoms with van der Waals surface area (Å²) in [5.41, 5.74) is 1.67. The molecule has 0 aliphatic carbocycles. The molecule has 1 aliphatic rings. The molecule has 1 aromatic rings. The minimum atomic E-state index is -0.642. The number of rotatable bonds is 7. The van der Waals surface area contributed by atoms with Gasteiger partial charge < -0.3 is 20.1 Å². The summed E-state index contributed by atoms with van der Waals surface area (Å²) in [5, 5.41) is 5.97. The molecule has 1 unspecified atom stereocenters. The van der Waals surface area contributed by atoms with Crippen LogP contribution in [-0.4, -0.2) is 24.2 Å². The van der Waals surface area contributed by atoms with Gasteiger partial charge in [0.1, 0.15) is 5.75 Å². The summed E-state index contributed by atoms with van der Waals surface area (Å²) in [4.78, 5) is 24.9. The molecule has 1 aromatic carbocycles. The van der Waals surface area contributed by atoms with Gasteiger partial charge in [-0.3, -0.25) is 0 Å². The van der Waals surface area contributed by atoms with Crippen molar-refractivity contribution in [3.8, 4) is 5.75 Å². The molecule has 0 saturated carbocycles. The van der Waals surface area contributed by atoms with Crippen LogP contribution in [-0.2, 0) is 9.53 Å².